The maximum atomic E-state index is 11.8. The van der Waals surface area contributed by atoms with Crippen molar-refractivity contribution in [3.8, 4) is 0 Å². The smallest absolute Gasteiger partial charge is 0.249 e. The van der Waals surface area contributed by atoms with Gasteiger partial charge < -0.3 is 14.6 Å². The maximum Gasteiger partial charge on any atom is 0.249 e. The van der Waals surface area contributed by atoms with E-state index < -0.39 is 0 Å². The summed E-state index contributed by atoms with van der Waals surface area (Å²) in [7, 11) is 0. The van der Waals surface area contributed by atoms with Gasteiger partial charge in [0.1, 0.15) is 6.10 Å². The van der Waals surface area contributed by atoms with Crippen molar-refractivity contribution in [2.75, 3.05) is 13.2 Å². The van der Waals surface area contributed by atoms with Crippen LogP contribution in [0.25, 0.3) is 0 Å². The lowest BCUT2D eigenvalue weighted by Gasteiger charge is -2.08. The molecule has 0 radical (unpaired) electrons. The minimum absolute atomic E-state index is 0.0541. The molecule has 1 aromatic heterocycles. The molecule has 0 saturated carbocycles. The van der Waals surface area contributed by atoms with E-state index in [9.17, 15) is 4.79 Å². The van der Waals surface area contributed by atoms with Gasteiger partial charge in [0.25, 0.3) is 0 Å². The summed E-state index contributed by atoms with van der Waals surface area (Å²) < 4.78 is 10.5. The first kappa shape index (κ1) is 14.7. The SMILES string of the molecule is O=C(NCCc1nc(Cc2ccccc2)no1)[C@@H]1CCCO1. The van der Waals surface area contributed by atoms with Gasteiger partial charge in [-0.05, 0) is 18.4 Å². The fraction of sp³-hybridized carbons (Fsp3) is 0.438. The van der Waals surface area contributed by atoms with E-state index in [0.717, 1.165) is 18.4 Å². The summed E-state index contributed by atoms with van der Waals surface area (Å²) in [5, 5.41) is 6.80. The molecule has 1 N–H and O–H groups in total. The van der Waals surface area contributed by atoms with Crippen LogP contribution in [0, 0.1) is 0 Å². The van der Waals surface area contributed by atoms with Crippen LogP contribution in [-0.4, -0.2) is 35.3 Å². The molecule has 1 aromatic carbocycles. The van der Waals surface area contributed by atoms with Crippen LogP contribution in [0.4, 0.5) is 0 Å². The van der Waals surface area contributed by atoms with Crippen LogP contribution in [0.1, 0.15) is 30.1 Å². The Morgan fingerprint density at radius 2 is 2.18 bits per heavy atom. The number of aromatic nitrogens is 2. The average molecular weight is 301 g/mol. The number of carbonyl (C=O) groups excluding carboxylic acids is 1. The molecule has 1 atom stereocenters. The quantitative estimate of drug-likeness (QED) is 0.875. The van der Waals surface area contributed by atoms with Crippen LogP contribution in [0.15, 0.2) is 34.9 Å². The van der Waals surface area contributed by atoms with Gasteiger partial charge in [-0.15, -0.1) is 0 Å². The summed E-state index contributed by atoms with van der Waals surface area (Å²) in [6.07, 6.45) is 2.63. The van der Waals surface area contributed by atoms with Gasteiger partial charge in [0.2, 0.25) is 11.8 Å². The molecule has 1 aliphatic heterocycles. The zero-order chi connectivity index (χ0) is 15.2. The number of rotatable bonds is 6. The molecule has 1 amide bonds. The number of nitrogens with one attached hydrogen (secondary N) is 1. The monoisotopic (exact) mass is 301 g/mol. The Kier molecular flexibility index (Phi) is 4.80. The average Bonchev–Trinajstić information content (AvgIpc) is 3.20. The molecule has 6 heteroatoms. The highest BCUT2D eigenvalue weighted by Crippen LogP contribution is 2.11. The first-order chi connectivity index (χ1) is 10.8. The zero-order valence-electron chi connectivity index (χ0n) is 12.3. The van der Waals surface area contributed by atoms with Gasteiger partial charge >= 0.3 is 0 Å². The maximum absolute atomic E-state index is 11.8. The second-order valence-corrected chi connectivity index (χ2v) is 5.31. The molecule has 6 nitrogen and oxygen atoms in total. The van der Waals surface area contributed by atoms with Gasteiger partial charge in [0.05, 0.1) is 0 Å². The lowest BCUT2D eigenvalue weighted by atomic mass is 10.1. The van der Waals surface area contributed by atoms with Gasteiger partial charge in [0.15, 0.2) is 5.82 Å². The van der Waals surface area contributed by atoms with Crippen LogP contribution in [-0.2, 0) is 22.4 Å². The number of benzene rings is 1. The molecule has 1 aliphatic rings. The van der Waals surface area contributed by atoms with Gasteiger partial charge in [-0.3, -0.25) is 4.79 Å². The molecule has 3 rings (SSSR count). The summed E-state index contributed by atoms with van der Waals surface area (Å²) in [6.45, 7) is 1.15. The van der Waals surface area contributed by atoms with Crippen molar-refractivity contribution < 1.29 is 14.1 Å². The van der Waals surface area contributed by atoms with E-state index in [-0.39, 0.29) is 12.0 Å². The van der Waals surface area contributed by atoms with E-state index in [1.54, 1.807) is 0 Å². The molecule has 1 saturated heterocycles. The van der Waals surface area contributed by atoms with Crippen LogP contribution in [0.5, 0.6) is 0 Å². The van der Waals surface area contributed by atoms with Crippen molar-refractivity contribution in [3.05, 3.63) is 47.6 Å². The molecule has 0 unspecified atom stereocenters. The van der Waals surface area contributed by atoms with Gasteiger partial charge in [-0.2, -0.15) is 4.98 Å². The molecule has 116 valence electrons. The van der Waals surface area contributed by atoms with Crippen LogP contribution < -0.4 is 5.32 Å². The molecule has 0 aliphatic carbocycles. The molecule has 22 heavy (non-hydrogen) atoms. The third-order valence-corrected chi connectivity index (χ3v) is 3.58. The Bertz CT molecular complexity index is 606. The number of ether oxygens (including phenoxy) is 1. The van der Waals surface area contributed by atoms with Crippen LogP contribution >= 0.6 is 0 Å². The third kappa shape index (κ3) is 3.92. The van der Waals surface area contributed by atoms with Crippen molar-refractivity contribution in [2.24, 2.45) is 0 Å². The van der Waals surface area contributed by atoms with Crippen molar-refractivity contribution in [1.29, 1.82) is 0 Å². The van der Waals surface area contributed by atoms with Crippen LogP contribution in [0.2, 0.25) is 0 Å². The summed E-state index contributed by atoms with van der Waals surface area (Å²) >= 11 is 0. The number of carbonyl (C=O) groups is 1. The second-order valence-electron chi connectivity index (χ2n) is 5.31. The first-order valence-corrected chi connectivity index (χ1v) is 7.56. The highest BCUT2D eigenvalue weighted by atomic mass is 16.5. The fourth-order valence-electron chi connectivity index (χ4n) is 2.43. The lowest BCUT2D eigenvalue weighted by Crippen LogP contribution is -2.35. The van der Waals surface area contributed by atoms with Crippen molar-refractivity contribution in [1.82, 2.24) is 15.5 Å². The number of nitrogens with zero attached hydrogens (tertiary/aromatic N) is 2. The minimum Gasteiger partial charge on any atom is -0.368 e. The van der Waals surface area contributed by atoms with Gasteiger partial charge in [0, 0.05) is 26.0 Å². The number of hydrogen-bond acceptors (Lipinski definition) is 5. The molecular formula is C16H19N3O3. The summed E-state index contributed by atoms with van der Waals surface area (Å²) in [5.74, 6) is 1.15. The fourth-order valence-corrected chi connectivity index (χ4v) is 2.43. The minimum atomic E-state index is -0.295. The van der Waals surface area contributed by atoms with E-state index >= 15 is 0 Å². The standard InChI is InChI=1S/C16H19N3O3/c20-16(13-7-4-10-21-13)17-9-8-15-18-14(19-22-15)11-12-5-2-1-3-6-12/h1-3,5-6,13H,4,7-11H2,(H,17,20)/t13-/m0/s1. The molecule has 0 spiro atoms. The zero-order valence-corrected chi connectivity index (χ0v) is 12.3. The second kappa shape index (κ2) is 7.17. The lowest BCUT2D eigenvalue weighted by molar-refractivity contribution is -0.130. The molecule has 1 fully saturated rings. The van der Waals surface area contributed by atoms with Gasteiger partial charge in [-0.25, -0.2) is 0 Å². The van der Waals surface area contributed by atoms with Crippen molar-refractivity contribution in [3.63, 3.8) is 0 Å². The van der Waals surface area contributed by atoms with Crippen LogP contribution in [0.3, 0.4) is 0 Å². The van der Waals surface area contributed by atoms with E-state index in [1.807, 2.05) is 30.3 Å². The molecular weight excluding hydrogens is 282 g/mol. The Morgan fingerprint density at radius 1 is 1.32 bits per heavy atom. The predicted molar refractivity (Wildman–Crippen MR) is 79.2 cm³/mol. The van der Waals surface area contributed by atoms with E-state index in [0.29, 0.717) is 37.7 Å². The van der Waals surface area contributed by atoms with Gasteiger partial charge in [-0.1, -0.05) is 35.5 Å². The van der Waals surface area contributed by atoms with Crippen molar-refractivity contribution >= 4 is 5.91 Å². The molecule has 2 heterocycles. The Labute approximate surface area is 128 Å². The highest BCUT2D eigenvalue weighted by molar-refractivity contribution is 5.80. The Balaban J connectivity index is 1.44. The Hall–Kier alpha value is -2.21. The van der Waals surface area contributed by atoms with E-state index in [2.05, 4.69) is 15.5 Å². The molecule has 0 bridgehead atoms. The highest BCUT2D eigenvalue weighted by Gasteiger charge is 2.23. The number of amides is 1. The van der Waals surface area contributed by atoms with E-state index in [4.69, 9.17) is 9.26 Å². The van der Waals surface area contributed by atoms with Crippen molar-refractivity contribution in [2.45, 2.75) is 31.8 Å². The molecule has 2 aromatic rings. The normalized spacial score (nSPS) is 17.5. The van der Waals surface area contributed by atoms with E-state index in [1.165, 1.54) is 0 Å². The summed E-state index contributed by atoms with van der Waals surface area (Å²) in [4.78, 5) is 16.1. The first-order valence-electron chi connectivity index (χ1n) is 7.56. The predicted octanol–water partition coefficient (Wildman–Crippen LogP) is 1.50. The Morgan fingerprint density at radius 3 is 2.95 bits per heavy atom. The topological polar surface area (TPSA) is 77.3 Å². The summed E-state index contributed by atoms with van der Waals surface area (Å²) in [6, 6.07) is 9.99. The third-order valence-electron chi connectivity index (χ3n) is 3.58. The largest absolute Gasteiger partial charge is 0.368 e. The summed E-state index contributed by atoms with van der Waals surface area (Å²) in [5.41, 5.74) is 1.14. The number of hydrogen-bond donors (Lipinski definition) is 1.